The van der Waals surface area contributed by atoms with Crippen LogP contribution in [0.3, 0.4) is 0 Å². The van der Waals surface area contributed by atoms with Crippen LogP contribution in [-0.4, -0.2) is 35.3 Å². The Morgan fingerprint density at radius 2 is 1.91 bits per heavy atom. The molecule has 0 saturated heterocycles. The van der Waals surface area contributed by atoms with Crippen LogP contribution in [0.5, 0.6) is 0 Å². The maximum Gasteiger partial charge on any atom is 0.306 e. The SMILES string of the molecule is Cc1nn(C)c(S(=O)(=O)NC2CCC(C(=O)O)CC2)c1C(F)F. The molecule has 0 spiro atoms. The van der Waals surface area contributed by atoms with Crippen molar-refractivity contribution in [3.05, 3.63) is 11.3 Å². The number of aromatic nitrogens is 2. The van der Waals surface area contributed by atoms with E-state index in [2.05, 4.69) is 9.82 Å². The summed E-state index contributed by atoms with van der Waals surface area (Å²) in [4.78, 5) is 10.9. The van der Waals surface area contributed by atoms with E-state index in [0.29, 0.717) is 25.7 Å². The summed E-state index contributed by atoms with van der Waals surface area (Å²) in [7, 11) is -2.86. The first-order valence-electron chi connectivity index (χ1n) is 7.20. The van der Waals surface area contributed by atoms with Crippen LogP contribution in [0.4, 0.5) is 8.78 Å². The van der Waals surface area contributed by atoms with Crippen molar-refractivity contribution in [3.8, 4) is 0 Å². The first-order chi connectivity index (χ1) is 10.6. The number of aryl methyl sites for hydroxylation is 2. The Labute approximate surface area is 132 Å². The Balaban J connectivity index is 2.19. The maximum atomic E-state index is 13.1. The van der Waals surface area contributed by atoms with E-state index in [1.165, 1.54) is 14.0 Å². The van der Waals surface area contributed by atoms with Crippen LogP contribution in [0.25, 0.3) is 0 Å². The van der Waals surface area contributed by atoms with Gasteiger partial charge < -0.3 is 5.11 Å². The van der Waals surface area contributed by atoms with Crippen molar-refractivity contribution < 1.29 is 27.1 Å². The Kier molecular flexibility index (Phi) is 5.04. The van der Waals surface area contributed by atoms with E-state index in [0.717, 1.165) is 4.68 Å². The number of nitrogens with zero attached hydrogens (tertiary/aromatic N) is 2. The molecule has 0 radical (unpaired) electrons. The summed E-state index contributed by atoms with van der Waals surface area (Å²) in [6.07, 6.45) is -1.52. The summed E-state index contributed by atoms with van der Waals surface area (Å²) in [6.45, 7) is 1.33. The molecule has 1 aromatic rings. The zero-order valence-electron chi connectivity index (χ0n) is 12.8. The van der Waals surface area contributed by atoms with E-state index in [9.17, 15) is 22.0 Å². The van der Waals surface area contributed by atoms with E-state index in [1.54, 1.807) is 0 Å². The Morgan fingerprint density at radius 3 is 2.39 bits per heavy atom. The molecule has 0 bridgehead atoms. The second kappa shape index (κ2) is 6.52. The number of hydrogen-bond acceptors (Lipinski definition) is 4. The molecule has 1 aliphatic rings. The van der Waals surface area contributed by atoms with Crippen LogP contribution in [0.2, 0.25) is 0 Å². The van der Waals surface area contributed by atoms with Crippen LogP contribution >= 0.6 is 0 Å². The van der Waals surface area contributed by atoms with Crippen molar-refractivity contribution in [1.29, 1.82) is 0 Å². The first-order valence-corrected chi connectivity index (χ1v) is 8.68. The third-order valence-corrected chi connectivity index (χ3v) is 5.72. The molecule has 1 aliphatic carbocycles. The van der Waals surface area contributed by atoms with E-state index in [1.807, 2.05) is 0 Å². The number of aliphatic carboxylic acids is 1. The lowest BCUT2D eigenvalue weighted by molar-refractivity contribution is -0.142. The summed E-state index contributed by atoms with van der Waals surface area (Å²) in [5.74, 6) is -1.38. The molecule has 1 fully saturated rings. The number of alkyl halides is 2. The molecule has 0 aromatic carbocycles. The van der Waals surface area contributed by atoms with Gasteiger partial charge in [0.2, 0.25) is 0 Å². The molecule has 1 saturated carbocycles. The summed E-state index contributed by atoms with van der Waals surface area (Å²) in [5.41, 5.74) is -0.628. The average molecular weight is 351 g/mol. The molecule has 0 aliphatic heterocycles. The summed E-state index contributed by atoms with van der Waals surface area (Å²) in [5, 5.41) is 12.2. The molecule has 23 heavy (non-hydrogen) atoms. The van der Waals surface area contributed by atoms with Gasteiger partial charge in [-0.2, -0.15) is 5.10 Å². The normalized spacial score (nSPS) is 22.5. The molecule has 130 valence electrons. The third kappa shape index (κ3) is 3.69. The van der Waals surface area contributed by atoms with Crippen molar-refractivity contribution in [2.75, 3.05) is 0 Å². The van der Waals surface area contributed by atoms with Crippen LogP contribution in [0.1, 0.15) is 43.4 Å². The lowest BCUT2D eigenvalue weighted by Gasteiger charge is -2.26. The minimum Gasteiger partial charge on any atom is -0.481 e. The van der Waals surface area contributed by atoms with Gasteiger partial charge in [0, 0.05) is 13.1 Å². The van der Waals surface area contributed by atoms with Crippen molar-refractivity contribution in [3.63, 3.8) is 0 Å². The van der Waals surface area contributed by atoms with Crippen LogP contribution in [0.15, 0.2) is 5.03 Å². The van der Waals surface area contributed by atoms with Gasteiger partial charge in [0.25, 0.3) is 16.4 Å². The smallest absolute Gasteiger partial charge is 0.306 e. The number of rotatable bonds is 5. The van der Waals surface area contributed by atoms with E-state index >= 15 is 0 Å². The first kappa shape index (κ1) is 17.8. The number of nitrogens with one attached hydrogen (secondary N) is 1. The molecule has 2 rings (SSSR count). The summed E-state index contributed by atoms with van der Waals surface area (Å²) < 4.78 is 54.5. The van der Waals surface area contributed by atoms with Gasteiger partial charge in [-0.15, -0.1) is 0 Å². The highest BCUT2D eigenvalue weighted by Crippen LogP contribution is 2.30. The molecular formula is C13H19F2N3O4S. The molecule has 1 aromatic heterocycles. The molecule has 1 heterocycles. The predicted molar refractivity (Wildman–Crippen MR) is 76.6 cm³/mol. The quantitative estimate of drug-likeness (QED) is 0.839. The Hall–Kier alpha value is -1.55. The molecule has 10 heteroatoms. The number of carboxylic acids is 1. The minimum absolute atomic E-state index is 0.0301. The second-order valence-corrected chi connectivity index (χ2v) is 7.37. The highest BCUT2D eigenvalue weighted by Gasteiger charge is 2.34. The van der Waals surface area contributed by atoms with Gasteiger partial charge in [0.1, 0.15) is 0 Å². The standard InChI is InChI=1S/C13H19F2N3O4S/c1-7-10(11(14)15)12(18(2)16-7)23(21,22)17-9-5-3-8(4-6-9)13(19)20/h8-9,11,17H,3-6H2,1-2H3,(H,19,20). The Morgan fingerprint density at radius 1 is 1.35 bits per heavy atom. The number of carbonyl (C=O) groups is 1. The van der Waals surface area contributed by atoms with Gasteiger partial charge >= 0.3 is 5.97 Å². The zero-order valence-corrected chi connectivity index (χ0v) is 13.6. The van der Waals surface area contributed by atoms with Gasteiger partial charge in [-0.3, -0.25) is 9.48 Å². The summed E-state index contributed by atoms with van der Waals surface area (Å²) >= 11 is 0. The van der Waals surface area contributed by atoms with E-state index < -0.39 is 45.0 Å². The number of carboxylic acid groups (broad SMARTS) is 1. The monoisotopic (exact) mass is 351 g/mol. The van der Waals surface area contributed by atoms with Gasteiger partial charge in [-0.05, 0) is 32.6 Å². The molecule has 0 atom stereocenters. The van der Waals surface area contributed by atoms with E-state index in [-0.39, 0.29) is 5.69 Å². The topological polar surface area (TPSA) is 101 Å². The number of halogens is 2. The van der Waals surface area contributed by atoms with Gasteiger partial charge in [-0.1, -0.05) is 0 Å². The van der Waals surface area contributed by atoms with Crippen molar-refractivity contribution >= 4 is 16.0 Å². The van der Waals surface area contributed by atoms with Gasteiger partial charge in [0.05, 0.1) is 17.2 Å². The lowest BCUT2D eigenvalue weighted by Crippen LogP contribution is -2.39. The average Bonchev–Trinajstić information content (AvgIpc) is 2.74. The van der Waals surface area contributed by atoms with Crippen LogP contribution in [0, 0.1) is 12.8 Å². The number of hydrogen-bond donors (Lipinski definition) is 2. The van der Waals surface area contributed by atoms with Gasteiger partial charge in [0.15, 0.2) is 5.03 Å². The van der Waals surface area contributed by atoms with Crippen LogP contribution < -0.4 is 4.72 Å². The van der Waals surface area contributed by atoms with Crippen molar-refractivity contribution in [1.82, 2.24) is 14.5 Å². The molecule has 7 nitrogen and oxygen atoms in total. The fourth-order valence-corrected chi connectivity index (χ4v) is 4.66. The summed E-state index contributed by atoms with van der Waals surface area (Å²) in [6, 6.07) is -0.462. The maximum absolute atomic E-state index is 13.1. The minimum atomic E-state index is -4.16. The predicted octanol–water partition coefficient (Wildman–Crippen LogP) is 1.59. The van der Waals surface area contributed by atoms with Crippen molar-refractivity contribution in [2.45, 2.75) is 50.1 Å². The van der Waals surface area contributed by atoms with Gasteiger partial charge in [-0.25, -0.2) is 21.9 Å². The fourth-order valence-electron chi connectivity index (χ4n) is 2.96. The fraction of sp³-hybridized carbons (Fsp3) is 0.692. The second-order valence-electron chi connectivity index (χ2n) is 5.74. The highest BCUT2D eigenvalue weighted by atomic mass is 32.2. The molecule has 0 amide bonds. The lowest BCUT2D eigenvalue weighted by atomic mass is 9.87. The largest absolute Gasteiger partial charge is 0.481 e. The highest BCUT2D eigenvalue weighted by molar-refractivity contribution is 7.89. The van der Waals surface area contributed by atoms with E-state index in [4.69, 9.17) is 5.11 Å². The Bertz CT molecular complexity index is 694. The van der Waals surface area contributed by atoms with Crippen molar-refractivity contribution in [2.24, 2.45) is 13.0 Å². The molecule has 2 N–H and O–H groups in total. The molecular weight excluding hydrogens is 332 g/mol. The third-order valence-electron chi connectivity index (χ3n) is 4.09. The molecule has 0 unspecified atom stereocenters. The van der Waals surface area contributed by atoms with Crippen LogP contribution in [-0.2, 0) is 21.9 Å². The number of sulfonamides is 1. The zero-order chi connectivity index (χ0) is 17.4.